The molecule has 2 rings (SSSR count). The second kappa shape index (κ2) is 7.30. The molecule has 1 aromatic carbocycles. The van der Waals surface area contributed by atoms with Gasteiger partial charge >= 0.3 is 0 Å². The third-order valence-electron chi connectivity index (χ3n) is 3.55. The van der Waals surface area contributed by atoms with Crippen LogP contribution in [0.1, 0.15) is 32.3 Å². The molecule has 0 saturated carbocycles. The van der Waals surface area contributed by atoms with Gasteiger partial charge in [0.1, 0.15) is 0 Å². The van der Waals surface area contributed by atoms with Crippen LogP contribution in [0.15, 0.2) is 43.1 Å². The summed E-state index contributed by atoms with van der Waals surface area (Å²) in [5, 5.41) is 4.92. The van der Waals surface area contributed by atoms with Gasteiger partial charge in [-0.15, -0.1) is 6.58 Å². The lowest BCUT2D eigenvalue weighted by Crippen LogP contribution is -2.18. The van der Waals surface area contributed by atoms with E-state index in [2.05, 4.69) is 60.8 Å². The van der Waals surface area contributed by atoms with Crippen molar-refractivity contribution in [1.29, 1.82) is 0 Å². The van der Waals surface area contributed by atoms with Gasteiger partial charge in [-0.1, -0.05) is 38.1 Å². The minimum Gasteiger partial charge on any atom is -0.347 e. The predicted octanol–water partition coefficient (Wildman–Crippen LogP) is 4.35. The van der Waals surface area contributed by atoms with Crippen molar-refractivity contribution in [3.8, 4) is 0 Å². The highest BCUT2D eigenvalue weighted by molar-refractivity contribution is 5.83. The van der Waals surface area contributed by atoms with Gasteiger partial charge in [-0.2, -0.15) is 0 Å². The number of fused-ring (bicyclic) bond motifs is 1. The maximum atomic E-state index is 3.80. The Morgan fingerprint density at radius 3 is 2.85 bits per heavy atom. The van der Waals surface area contributed by atoms with E-state index in [1.807, 2.05) is 6.08 Å². The summed E-state index contributed by atoms with van der Waals surface area (Å²) in [6, 6.07) is 8.70. The first kappa shape index (κ1) is 14.9. The molecule has 0 saturated heterocycles. The number of unbranched alkanes of at least 4 members (excludes halogenated alkanes) is 1. The smallest absolute Gasteiger partial charge is 0.0483 e. The highest BCUT2D eigenvalue weighted by atomic mass is 15.0. The average molecular weight is 270 g/mol. The Labute approximate surface area is 122 Å². The minimum atomic E-state index is 0.691. The van der Waals surface area contributed by atoms with E-state index < -0.39 is 0 Å². The molecule has 108 valence electrons. The van der Waals surface area contributed by atoms with Crippen molar-refractivity contribution in [2.24, 2.45) is 5.92 Å². The lowest BCUT2D eigenvalue weighted by molar-refractivity contribution is 0.552. The van der Waals surface area contributed by atoms with Crippen LogP contribution in [0.2, 0.25) is 0 Å². The Morgan fingerprint density at radius 1 is 1.30 bits per heavy atom. The van der Waals surface area contributed by atoms with Crippen LogP contribution in [-0.2, 0) is 13.1 Å². The number of nitrogens with one attached hydrogen (secondary N) is 1. The zero-order chi connectivity index (χ0) is 14.4. The lowest BCUT2D eigenvalue weighted by atomic mass is 10.1. The SMILES string of the molecule is C=CCCCn1cc(CNCC(C)C)c2ccccc21. The molecule has 1 aromatic heterocycles. The van der Waals surface area contributed by atoms with Gasteiger partial charge in [0.2, 0.25) is 0 Å². The molecule has 0 amide bonds. The number of aromatic nitrogens is 1. The molecular formula is C18H26N2. The third-order valence-corrected chi connectivity index (χ3v) is 3.55. The molecule has 2 aromatic rings. The molecule has 1 N–H and O–H groups in total. The fourth-order valence-corrected chi connectivity index (χ4v) is 2.55. The maximum Gasteiger partial charge on any atom is 0.0483 e. The topological polar surface area (TPSA) is 17.0 Å². The van der Waals surface area contributed by atoms with Crippen molar-refractivity contribution in [2.45, 2.75) is 39.8 Å². The van der Waals surface area contributed by atoms with E-state index in [-0.39, 0.29) is 0 Å². The van der Waals surface area contributed by atoms with Crippen molar-refractivity contribution in [3.63, 3.8) is 0 Å². The normalized spacial score (nSPS) is 11.3. The zero-order valence-electron chi connectivity index (χ0n) is 12.7. The average Bonchev–Trinajstić information content (AvgIpc) is 2.78. The molecule has 20 heavy (non-hydrogen) atoms. The second-order valence-electron chi connectivity index (χ2n) is 5.82. The van der Waals surface area contributed by atoms with E-state index >= 15 is 0 Å². The van der Waals surface area contributed by atoms with Crippen molar-refractivity contribution >= 4 is 10.9 Å². The van der Waals surface area contributed by atoms with Crippen molar-refractivity contribution in [3.05, 3.63) is 48.7 Å². The quantitative estimate of drug-likeness (QED) is 0.557. The first-order valence-corrected chi connectivity index (χ1v) is 7.60. The highest BCUT2D eigenvalue weighted by Gasteiger charge is 2.07. The Balaban J connectivity index is 2.14. The van der Waals surface area contributed by atoms with Gasteiger partial charge in [0, 0.05) is 30.2 Å². The molecule has 0 aliphatic carbocycles. The highest BCUT2D eigenvalue weighted by Crippen LogP contribution is 2.21. The summed E-state index contributed by atoms with van der Waals surface area (Å²) < 4.78 is 2.38. The minimum absolute atomic E-state index is 0.691. The fraction of sp³-hybridized carbons (Fsp3) is 0.444. The van der Waals surface area contributed by atoms with Gasteiger partial charge in [-0.05, 0) is 36.9 Å². The molecule has 0 unspecified atom stereocenters. The van der Waals surface area contributed by atoms with E-state index in [1.54, 1.807) is 0 Å². The number of nitrogens with zero attached hydrogens (tertiary/aromatic N) is 1. The molecule has 0 fully saturated rings. The van der Waals surface area contributed by atoms with Crippen LogP contribution in [-0.4, -0.2) is 11.1 Å². The van der Waals surface area contributed by atoms with E-state index in [1.165, 1.54) is 16.5 Å². The van der Waals surface area contributed by atoms with Crippen molar-refractivity contribution in [1.82, 2.24) is 9.88 Å². The van der Waals surface area contributed by atoms with Crippen LogP contribution in [0.5, 0.6) is 0 Å². The largest absolute Gasteiger partial charge is 0.347 e. The Morgan fingerprint density at radius 2 is 2.10 bits per heavy atom. The summed E-state index contributed by atoms with van der Waals surface area (Å²) in [5.41, 5.74) is 2.75. The van der Waals surface area contributed by atoms with Gasteiger partial charge in [0.05, 0.1) is 0 Å². The molecule has 0 aliphatic heterocycles. The summed E-state index contributed by atoms with van der Waals surface area (Å²) >= 11 is 0. The summed E-state index contributed by atoms with van der Waals surface area (Å²) in [4.78, 5) is 0. The molecule has 0 atom stereocenters. The molecular weight excluding hydrogens is 244 g/mol. The number of rotatable bonds is 8. The molecule has 0 aliphatic rings. The van der Waals surface area contributed by atoms with Gasteiger partial charge in [-0.3, -0.25) is 0 Å². The molecule has 0 spiro atoms. The third kappa shape index (κ3) is 3.73. The van der Waals surface area contributed by atoms with Gasteiger partial charge in [-0.25, -0.2) is 0 Å². The van der Waals surface area contributed by atoms with Gasteiger partial charge in [0.15, 0.2) is 0 Å². The fourth-order valence-electron chi connectivity index (χ4n) is 2.55. The molecule has 0 radical (unpaired) electrons. The van der Waals surface area contributed by atoms with Crippen molar-refractivity contribution < 1.29 is 0 Å². The summed E-state index contributed by atoms with van der Waals surface area (Å²) in [5.74, 6) is 0.691. The maximum absolute atomic E-state index is 3.80. The van der Waals surface area contributed by atoms with E-state index in [0.29, 0.717) is 5.92 Å². The van der Waals surface area contributed by atoms with Crippen LogP contribution < -0.4 is 5.32 Å². The number of hydrogen-bond donors (Lipinski definition) is 1. The predicted molar refractivity (Wildman–Crippen MR) is 87.9 cm³/mol. The number of benzene rings is 1. The molecule has 1 heterocycles. The van der Waals surface area contributed by atoms with E-state index in [9.17, 15) is 0 Å². The first-order chi connectivity index (χ1) is 9.72. The monoisotopic (exact) mass is 270 g/mol. The molecule has 0 bridgehead atoms. The van der Waals surface area contributed by atoms with Crippen LogP contribution in [0, 0.1) is 5.92 Å². The molecule has 2 heteroatoms. The Bertz CT molecular complexity index is 552. The standard InChI is InChI=1S/C18H26N2/c1-4-5-8-11-20-14-16(13-19-12-15(2)3)17-9-6-7-10-18(17)20/h4,6-7,9-10,14-15,19H,1,5,8,11-13H2,2-3H3. The van der Waals surface area contributed by atoms with Crippen LogP contribution in [0.3, 0.4) is 0 Å². The van der Waals surface area contributed by atoms with Crippen LogP contribution in [0.4, 0.5) is 0 Å². The molecule has 2 nitrogen and oxygen atoms in total. The number of allylic oxidation sites excluding steroid dienone is 1. The summed E-state index contributed by atoms with van der Waals surface area (Å²) in [6.45, 7) is 11.4. The number of hydrogen-bond acceptors (Lipinski definition) is 1. The first-order valence-electron chi connectivity index (χ1n) is 7.60. The lowest BCUT2D eigenvalue weighted by Gasteiger charge is -2.06. The van der Waals surface area contributed by atoms with Crippen LogP contribution >= 0.6 is 0 Å². The van der Waals surface area contributed by atoms with Crippen molar-refractivity contribution in [2.75, 3.05) is 6.54 Å². The number of para-hydroxylation sites is 1. The van der Waals surface area contributed by atoms with E-state index in [0.717, 1.165) is 32.5 Å². The zero-order valence-corrected chi connectivity index (χ0v) is 12.7. The van der Waals surface area contributed by atoms with Gasteiger partial charge in [0.25, 0.3) is 0 Å². The summed E-state index contributed by atoms with van der Waals surface area (Å²) in [6.07, 6.45) is 6.53. The Kier molecular flexibility index (Phi) is 5.42. The summed E-state index contributed by atoms with van der Waals surface area (Å²) in [7, 11) is 0. The van der Waals surface area contributed by atoms with Gasteiger partial charge < -0.3 is 9.88 Å². The number of aryl methyl sites for hydroxylation is 1. The van der Waals surface area contributed by atoms with Crippen LogP contribution in [0.25, 0.3) is 10.9 Å². The second-order valence-corrected chi connectivity index (χ2v) is 5.82. The Hall–Kier alpha value is -1.54. The van der Waals surface area contributed by atoms with E-state index in [4.69, 9.17) is 0 Å².